The van der Waals surface area contributed by atoms with E-state index in [0.717, 1.165) is 5.56 Å². The van der Waals surface area contributed by atoms with Gasteiger partial charge in [-0.25, -0.2) is 4.79 Å². The molecule has 1 fully saturated rings. The lowest BCUT2D eigenvalue weighted by Crippen LogP contribution is -2.30. The predicted octanol–water partition coefficient (Wildman–Crippen LogP) is 3.76. The number of non-ortho nitro benzene ring substituents is 1. The highest BCUT2D eigenvalue weighted by Gasteiger charge is 2.34. The van der Waals surface area contributed by atoms with Crippen molar-refractivity contribution in [3.05, 3.63) is 75.3 Å². The molecule has 0 spiro atoms. The van der Waals surface area contributed by atoms with Crippen LogP contribution in [0.4, 0.5) is 5.69 Å². The highest BCUT2D eigenvalue weighted by atomic mass is 16.6. The summed E-state index contributed by atoms with van der Waals surface area (Å²) in [5.41, 5.74) is 1.66. The highest BCUT2D eigenvalue weighted by Crippen LogP contribution is 2.41. The molecule has 6 nitrogen and oxygen atoms in total. The molecule has 0 heterocycles. The fourth-order valence-corrected chi connectivity index (χ4v) is 2.94. The van der Waals surface area contributed by atoms with Crippen molar-refractivity contribution < 1.29 is 19.6 Å². The van der Waals surface area contributed by atoms with E-state index in [0.29, 0.717) is 25.0 Å². The van der Waals surface area contributed by atoms with Crippen molar-refractivity contribution in [2.75, 3.05) is 0 Å². The third-order valence-electron chi connectivity index (χ3n) is 4.34. The molecule has 0 bridgehead atoms. The first-order chi connectivity index (χ1) is 11.5. The summed E-state index contributed by atoms with van der Waals surface area (Å²) in [6.07, 6.45) is 1.40. The van der Waals surface area contributed by atoms with Crippen LogP contribution in [0.3, 0.4) is 0 Å². The molecule has 0 atom stereocenters. The molecule has 6 heteroatoms. The summed E-state index contributed by atoms with van der Waals surface area (Å²) in [4.78, 5) is 21.8. The Hall–Kier alpha value is -2.73. The molecule has 24 heavy (non-hydrogen) atoms. The molecule has 0 saturated heterocycles. The van der Waals surface area contributed by atoms with Crippen LogP contribution < -0.4 is 0 Å². The Labute approximate surface area is 138 Å². The number of nitrogens with zero attached hydrogens (tertiary/aromatic N) is 1. The lowest BCUT2D eigenvalue weighted by atomic mass is 9.75. The van der Waals surface area contributed by atoms with Gasteiger partial charge in [-0.2, -0.15) is 0 Å². The van der Waals surface area contributed by atoms with Crippen LogP contribution in [-0.4, -0.2) is 22.1 Å². The van der Waals surface area contributed by atoms with Gasteiger partial charge in [0.2, 0.25) is 0 Å². The van der Waals surface area contributed by atoms with Crippen LogP contribution in [0, 0.1) is 10.1 Å². The van der Waals surface area contributed by atoms with Crippen LogP contribution in [0.25, 0.3) is 0 Å². The molecule has 1 aliphatic carbocycles. The number of carboxylic acids is 1. The van der Waals surface area contributed by atoms with E-state index in [1.54, 1.807) is 0 Å². The van der Waals surface area contributed by atoms with Crippen LogP contribution in [0.1, 0.15) is 40.2 Å². The molecule has 2 aromatic rings. The molecule has 2 aromatic carbocycles. The van der Waals surface area contributed by atoms with E-state index in [9.17, 15) is 20.0 Å². The second-order valence-corrected chi connectivity index (χ2v) is 5.92. The lowest BCUT2D eigenvalue weighted by molar-refractivity contribution is -0.385. The van der Waals surface area contributed by atoms with Crippen molar-refractivity contribution in [3.8, 4) is 0 Å². The van der Waals surface area contributed by atoms with Crippen LogP contribution >= 0.6 is 0 Å². The average molecular weight is 327 g/mol. The quantitative estimate of drug-likeness (QED) is 0.644. The van der Waals surface area contributed by atoms with Gasteiger partial charge in [0, 0.05) is 12.1 Å². The van der Waals surface area contributed by atoms with E-state index in [1.165, 1.54) is 18.2 Å². The van der Waals surface area contributed by atoms with Crippen molar-refractivity contribution in [2.24, 2.45) is 0 Å². The molecule has 0 aliphatic heterocycles. The molecule has 0 radical (unpaired) electrons. The van der Waals surface area contributed by atoms with E-state index < -0.39 is 10.9 Å². The Bertz CT molecular complexity index is 753. The fraction of sp³-hybridized carbons (Fsp3) is 0.278. The third-order valence-corrected chi connectivity index (χ3v) is 4.34. The smallest absolute Gasteiger partial charge is 0.335 e. The third kappa shape index (κ3) is 3.44. The van der Waals surface area contributed by atoms with E-state index in [4.69, 9.17) is 4.74 Å². The van der Waals surface area contributed by atoms with Crippen LogP contribution in [0.15, 0.2) is 48.5 Å². The number of aromatic carboxylic acids is 1. The highest BCUT2D eigenvalue weighted by molar-refractivity contribution is 5.90. The normalized spacial score (nSPS) is 19.5. The molecule has 0 aromatic heterocycles. The minimum absolute atomic E-state index is 0.0169. The van der Waals surface area contributed by atoms with Crippen LogP contribution in [0.5, 0.6) is 0 Å². The zero-order chi connectivity index (χ0) is 17.1. The minimum Gasteiger partial charge on any atom is -0.478 e. The number of nitro groups is 1. The van der Waals surface area contributed by atoms with Gasteiger partial charge in [-0.05, 0) is 36.0 Å². The Morgan fingerprint density at radius 3 is 2.54 bits per heavy atom. The number of hydrogen-bond donors (Lipinski definition) is 1. The molecular weight excluding hydrogens is 310 g/mol. The number of rotatable bonds is 6. The molecule has 0 unspecified atom stereocenters. The van der Waals surface area contributed by atoms with Gasteiger partial charge in [0.25, 0.3) is 5.69 Å². The van der Waals surface area contributed by atoms with Gasteiger partial charge in [0.15, 0.2) is 0 Å². The molecular formula is C18H17NO5. The molecule has 1 N–H and O–H groups in total. The number of carbonyl (C=O) groups is 1. The fourth-order valence-electron chi connectivity index (χ4n) is 2.94. The molecule has 0 amide bonds. The predicted molar refractivity (Wildman–Crippen MR) is 87.0 cm³/mol. The van der Waals surface area contributed by atoms with E-state index in [2.05, 4.69) is 0 Å². The number of ether oxygens (including phenoxy) is 1. The maximum Gasteiger partial charge on any atom is 0.335 e. The van der Waals surface area contributed by atoms with Crippen molar-refractivity contribution in [1.82, 2.24) is 0 Å². The van der Waals surface area contributed by atoms with E-state index >= 15 is 0 Å². The first-order valence-corrected chi connectivity index (χ1v) is 7.71. The lowest BCUT2D eigenvalue weighted by Gasteiger charge is -2.36. The maximum absolute atomic E-state index is 11.3. The van der Waals surface area contributed by atoms with Crippen molar-refractivity contribution in [3.63, 3.8) is 0 Å². The Balaban J connectivity index is 1.65. The molecule has 3 rings (SSSR count). The summed E-state index contributed by atoms with van der Waals surface area (Å²) in [5.74, 6) is -1.08. The van der Waals surface area contributed by atoms with Gasteiger partial charge in [-0.1, -0.05) is 30.3 Å². The van der Waals surface area contributed by atoms with Gasteiger partial charge in [0.05, 0.1) is 23.2 Å². The summed E-state index contributed by atoms with van der Waals surface area (Å²) in [7, 11) is 0. The first-order valence-electron chi connectivity index (χ1n) is 7.71. The topological polar surface area (TPSA) is 89.7 Å². The summed E-state index contributed by atoms with van der Waals surface area (Å²) in [6, 6.07) is 13.7. The second-order valence-electron chi connectivity index (χ2n) is 5.92. The van der Waals surface area contributed by atoms with Crippen LogP contribution in [0.2, 0.25) is 0 Å². The van der Waals surface area contributed by atoms with Crippen molar-refractivity contribution in [1.29, 1.82) is 0 Å². The average Bonchev–Trinajstić information content (AvgIpc) is 2.54. The van der Waals surface area contributed by atoms with E-state index in [-0.39, 0.29) is 23.3 Å². The Morgan fingerprint density at radius 1 is 1.21 bits per heavy atom. The van der Waals surface area contributed by atoms with E-state index in [1.807, 2.05) is 30.3 Å². The maximum atomic E-state index is 11.3. The van der Waals surface area contributed by atoms with Gasteiger partial charge < -0.3 is 9.84 Å². The van der Waals surface area contributed by atoms with Crippen molar-refractivity contribution >= 4 is 11.7 Å². The summed E-state index contributed by atoms with van der Waals surface area (Å²) in [5, 5.41) is 20.2. The minimum atomic E-state index is -1.06. The summed E-state index contributed by atoms with van der Waals surface area (Å²) < 4.78 is 5.81. The van der Waals surface area contributed by atoms with Crippen molar-refractivity contribution in [2.45, 2.75) is 31.5 Å². The molecule has 1 aliphatic rings. The van der Waals surface area contributed by atoms with Gasteiger partial charge in [0.1, 0.15) is 0 Å². The zero-order valence-electron chi connectivity index (χ0n) is 12.9. The Kier molecular flexibility index (Phi) is 4.57. The van der Waals surface area contributed by atoms with Crippen LogP contribution in [-0.2, 0) is 11.3 Å². The number of carboxylic acid groups (broad SMARTS) is 1. The number of hydrogen-bond acceptors (Lipinski definition) is 4. The van der Waals surface area contributed by atoms with Gasteiger partial charge in [-0.15, -0.1) is 0 Å². The summed E-state index contributed by atoms with van der Waals surface area (Å²) in [6.45, 7) is 0.513. The monoisotopic (exact) mass is 327 g/mol. The number of nitro benzene ring substituents is 1. The summed E-state index contributed by atoms with van der Waals surface area (Å²) >= 11 is 0. The molecule has 124 valence electrons. The number of benzene rings is 2. The Morgan fingerprint density at radius 2 is 1.92 bits per heavy atom. The van der Waals surface area contributed by atoms with Gasteiger partial charge in [-0.3, -0.25) is 10.1 Å². The first kappa shape index (κ1) is 16.1. The molecule has 1 saturated carbocycles. The largest absolute Gasteiger partial charge is 0.478 e. The SMILES string of the molecule is O=C(O)c1ccc([N+](=O)[O-])cc1C1CC(OCc2ccccc2)C1. The standard InChI is InChI=1S/C18H17NO5/c20-18(21)16-7-6-14(19(22)23)10-17(16)13-8-15(9-13)24-11-12-4-2-1-3-5-12/h1-7,10,13,15H,8-9,11H2,(H,20,21). The van der Waals surface area contributed by atoms with Gasteiger partial charge >= 0.3 is 5.97 Å². The second kappa shape index (κ2) is 6.80. The zero-order valence-corrected chi connectivity index (χ0v) is 12.9.